The summed E-state index contributed by atoms with van der Waals surface area (Å²) in [6.45, 7) is 0. The second-order valence-electron chi connectivity index (χ2n) is 5.70. The second-order valence-corrected chi connectivity index (χ2v) is 5.70. The minimum Gasteiger partial charge on any atom is -0.430 e. The summed E-state index contributed by atoms with van der Waals surface area (Å²) >= 11 is 0. The summed E-state index contributed by atoms with van der Waals surface area (Å²) in [6, 6.07) is 9.65. The van der Waals surface area contributed by atoms with Crippen molar-refractivity contribution in [2.75, 3.05) is 5.32 Å². The maximum atomic E-state index is 13.9. The first-order valence-electron chi connectivity index (χ1n) is 7.97. The van der Waals surface area contributed by atoms with Crippen LogP contribution in [0.1, 0.15) is 5.56 Å². The Morgan fingerprint density at radius 2 is 1.79 bits per heavy atom. The van der Waals surface area contributed by atoms with Crippen molar-refractivity contribution < 1.29 is 17.9 Å². The van der Waals surface area contributed by atoms with E-state index in [2.05, 4.69) is 15.3 Å². The molecule has 0 aliphatic carbocycles. The molecule has 0 unspecified atom stereocenters. The molecule has 2 aromatic carbocycles. The zero-order valence-corrected chi connectivity index (χ0v) is 14.0. The molecule has 0 saturated carbocycles. The number of ether oxygens (including phenoxy) is 1. The van der Waals surface area contributed by atoms with Gasteiger partial charge in [0.2, 0.25) is 11.4 Å². The first-order chi connectivity index (χ1) is 13.5. The van der Waals surface area contributed by atoms with Gasteiger partial charge in [-0.2, -0.15) is 10.2 Å². The van der Waals surface area contributed by atoms with Gasteiger partial charge in [-0.15, -0.1) is 0 Å². The molecule has 0 radical (unpaired) electrons. The van der Waals surface area contributed by atoms with E-state index in [1.54, 1.807) is 41.1 Å². The third kappa shape index (κ3) is 3.31. The van der Waals surface area contributed by atoms with Crippen LogP contribution in [-0.4, -0.2) is 14.4 Å². The molecule has 0 aliphatic heterocycles. The lowest BCUT2D eigenvalue weighted by molar-refractivity contribution is 0.392. The summed E-state index contributed by atoms with van der Waals surface area (Å²) < 4.78 is 47.8. The predicted octanol–water partition coefficient (Wildman–Crippen LogP) is 4.55. The van der Waals surface area contributed by atoms with Crippen LogP contribution in [0.25, 0.3) is 5.65 Å². The number of aromatic nitrogens is 3. The maximum absolute atomic E-state index is 13.9. The van der Waals surface area contributed by atoms with Gasteiger partial charge in [0, 0.05) is 30.2 Å². The van der Waals surface area contributed by atoms with Crippen LogP contribution in [0, 0.1) is 28.8 Å². The van der Waals surface area contributed by atoms with Crippen molar-refractivity contribution in [3.05, 3.63) is 78.0 Å². The minimum absolute atomic E-state index is 0.173. The fourth-order valence-electron chi connectivity index (χ4n) is 2.53. The van der Waals surface area contributed by atoms with E-state index in [1.807, 2.05) is 6.07 Å². The zero-order chi connectivity index (χ0) is 19.7. The SMILES string of the molecule is N#Cc1ccc(Nc2cn3ccnc3c(Oc3c(F)cc(F)cc3F)n2)cc1. The molecule has 28 heavy (non-hydrogen) atoms. The van der Waals surface area contributed by atoms with Crippen molar-refractivity contribution in [2.45, 2.75) is 0 Å². The van der Waals surface area contributed by atoms with Crippen LogP contribution in [0.2, 0.25) is 0 Å². The molecule has 0 aliphatic rings. The molecular weight excluding hydrogens is 371 g/mol. The maximum Gasteiger partial charge on any atom is 0.266 e. The fraction of sp³-hybridized carbons (Fsp3) is 0. The van der Waals surface area contributed by atoms with Gasteiger partial charge in [0.05, 0.1) is 17.8 Å². The highest BCUT2D eigenvalue weighted by Gasteiger charge is 2.18. The molecule has 0 amide bonds. The third-order valence-electron chi connectivity index (χ3n) is 3.79. The van der Waals surface area contributed by atoms with Crippen molar-refractivity contribution in [3.63, 3.8) is 0 Å². The van der Waals surface area contributed by atoms with Gasteiger partial charge in [-0.25, -0.2) is 18.2 Å². The highest BCUT2D eigenvalue weighted by Crippen LogP contribution is 2.30. The van der Waals surface area contributed by atoms with Crippen LogP contribution in [0.5, 0.6) is 11.6 Å². The molecule has 2 aromatic heterocycles. The first kappa shape index (κ1) is 17.4. The summed E-state index contributed by atoms with van der Waals surface area (Å²) in [6.07, 6.45) is 4.67. The Bertz CT molecular complexity index is 1190. The van der Waals surface area contributed by atoms with Crippen molar-refractivity contribution in [1.82, 2.24) is 14.4 Å². The fourth-order valence-corrected chi connectivity index (χ4v) is 2.53. The molecule has 0 saturated heterocycles. The molecule has 0 fully saturated rings. The van der Waals surface area contributed by atoms with Gasteiger partial charge in [0.1, 0.15) is 5.82 Å². The van der Waals surface area contributed by atoms with E-state index in [0.29, 0.717) is 29.2 Å². The number of imidazole rings is 1. The lowest BCUT2D eigenvalue weighted by Gasteiger charge is -2.11. The summed E-state index contributed by atoms with van der Waals surface area (Å²) in [4.78, 5) is 8.26. The zero-order valence-electron chi connectivity index (χ0n) is 14.0. The number of nitrogens with one attached hydrogen (secondary N) is 1. The molecule has 4 aromatic rings. The number of fused-ring (bicyclic) bond motifs is 1. The summed E-state index contributed by atoms with van der Waals surface area (Å²) in [5.74, 6) is -4.11. The quantitative estimate of drug-likeness (QED) is 0.561. The molecule has 2 heterocycles. The van der Waals surface area contributed by atoms with Crippen LogP contribution in [0.15, 0.2) is 55.0 Å². The number of nitrogens with zero attached hydrogens (tertiary/aromatic N) is 4. The van der Waals surface area contributed by atoms with Crippen LogP contribution in [0.3, 0.4) is 0 Å². The Labute approximate surface area is 156 Å². The Hall–Kier alpha value is -4.06. The topological polar surface area (TPSA) is 75.2 Å². The van der Waals surface area contributed by atoms with Gasteiger partial charge in [0.15, 0.2) is 17.5 Å². The van der Waals surface area contributed by atoms with Crippen LogP contribution in [0.4, 0.5) is 24.7 Å². The number of halogens is 3. The molecule has 0 atom stereocenters. The molecule has 6 nitrogen and oxygen atoms in total. The number of hydrogen-bond acceptors (Lipinski definition) is 5. The van der Waals surface area contributed by atoms with Gasteiger partial charge in [-0.1, -0.05) is 0 Å². The van der Waals surface area contributed by atoms with Gasteiger partial charge < -0.3 is 10.1 Å². The average Bonchev–Trinajstić information content (AvgIpc) is 3.14. The molecule has 138 valence electrons. The van der Waals surface area contributed by atoms with E-state index in [9.17, 15) is 13.2 Å². The van der Waals surface area contributed by atoms with Crippen molar-refractivity contribution in [3.8, 4) is 17.7 Å². The average molecular weight is 381 g/mol. The summed E-state index contributed by atoms with van der Waals surface area (Å²) in [7, 11) is 0. The normalized spacial score (nSPS) is 10.6. The van der Waals surface area contributed by atoms with Crippen molar-refractivity contribution in [1.29, 1.82) is 5.26 Å². The van der Waals surface area contributed by atoms with E-state index in [1.165, 1.54) is 6.20 Å². The van der Waals surface area contributed by atoms with E-state index in [0.717, 1.165) is 0 Å². The van der Waals surface area contributed by atoms with E-state index in [4.69, 9.17) is 10.00 Å². The lowest BCUT2D eigenvalue weighted by Crippen LogP contribution is -2.02. The standard InChI is InChI=1S/C19H10F3N5O/c20-12-7-14(21)17(15(22)8-12)28-19-18-24-5-6-27(18)10-16(26-19)25-13-3-1-11(9-23)2-4-13/h1-8,10,25H. The Morgan fingerprint density at radius 1 is 1.07 bits per heavy atom. The number of anilines is 2. The number of rotatable bonds is 4. The third-order valence-corrected chi connectivity index (χ3v) is 3.79. The van der Waals surface area contributed by atoms with Crippen molar-refractivity contribution in [2.24, 2.45) is 0 Å². The smallest absolute Gasteiger partial charge is 0.266 e. The Morgan fingerprint density at radius 3 is 2.46 bits per heavy atom. The summed E-state index contributed by atoms with van der Waals surface area (Å²) in [5.41, 5.74) is 1.35. The first-order valence-corrected chi connectivity index (χ1v) is 7.97. The molecule has 0 bridgehead atoms. The van der Waals surface area contributed by atoms with Gasteiger partial charge in [-0.05, 0) is 24.3 Å². The Kier molecular flexibility index (Phi) is 4.29. The predicted molar refractivity (Wildman–Crippen MR) is 93.8 cm³/mol. The highest BCUT2D eigenvalue weighted by molar-refractivity contribution is 5.61. The largest absolute Gasteiger partial charge is 0.430 e. The molecule has 9 heteroatoms. The van der Waals surface area contributed by atoms with Crippen LogP contribution in [-0.2, 0) is 0 Å². The van der Waals surface area contributed by atoms with Gasteiger partial charge >= 0.3 is 0 Å². The second kappa shape index (κ2) is 6.92. The van der Waals surface area contributed by atoms with Crippen molar-refractivity contribution >= 4 is 17.2 Å². The molecule has 1 N–H and O–H groups in total. The molecular formula is C19H10F3N5O. The Balaban J connectivity index is 1.72. The van der Waals surface area contributed by atoms with E-state index >= 15 is 0 Å². The van der Waals surface area contributed by atoms with Crippen LogP contribution >= 0.6 is 0 Å². The highest BCUT2D eigenvalue weighted by atomic mass is 19.1. The number of hydrogen-bond donors (Lipinski definition) is 1. The minimum atomic E-state index is -1.20. The molecule has 4 rings (SSSR count). The summed E-state index contributed by atoms with van der Waals surface area (Å²) in [5, 5.41) is 11.9. The van der Waals surface area contributed by atoms with E-state index < -0.39 is 23.2 Å². The lowest BCUT2D eigenvalue weighted by atomic mass is 10.2. The molecule has 0 spiro atoms. The van der Waals surface area contributed by atoms with Crippen LogP contribution < -0.4 is 10.1 Å². The van der Waals surface area contributed by atoms with Gasteiger partial charge in [-0.3, -0.25) is 4.40 Å². The van der Waals surface area contributed by atoms with Gasteiger partial charge in [0.25, 0.3) is 5.88 Å². The number of benzene rings is 2. The monoisotopic (exact) mass is 381 g/mol. The van der Waals surface area contributed by atoms with E-state index in [-0.39, 0.29) is 11.5 Å². The number of nitriles is 1.